The fourth-order valence-electron chi connectivity index (χ4n) is 4.47. The highest BCUT2D eigenvalue weighted by Gasteiger charge is 2.25. The smallest absolute Gasteiger partial charge is 0.323 e. The molecule has 0 saturated heterocycles. The van der Waals surface area contributed by atoms with E-state index in [1.165, 1.54) is 6.07 Å². The van der Waals surface area contributed by atoms with Crippen molar-refractivity contribution in [3.05, 3.63) is 123 Å². The van der Waals surface area contributed by atoms with E-state index in [0.29, 0.717) is 31.0 Å². The number of hydrogen-bond acceptors (Lipinski definition) is 6. The Morgan fingerprint density at radius 1 is 0.929 bits per heavy atom. The van der Waals surface area contributed by atoms with Crippen LogP contribution < -0.4 is 16.6 Å². The number of ether oxygens (including phenoxy) is 1. The molecule has 0 aliphatic heterocycles. The summed E-state index contributed by atoms with van der Waals surface area (Å²) in [5, 5.41) is 3.31. The van der Waals surface area contributed by atoms with E-state index in [1.54, 1.807) is 12.1 Å². The van der Waals surface area contributed by atoms with Crippen LogP contribution in [-0.2, 0) is 22.4 Å². The fraction of sp³-hybridized carbons (Fsp3) is 0.242. The molecule has 3 aromatic carbocycles. The van der Waals surface area contributed by atoms with E-state index in [9.17, 15) is 23.2 Å². The molecule has 0 amide bonds. The van der Waals surface area contributed by atoms with Crippen LogP contribution in [0.25, 0.3) is 11.1 Å². The third-order valence-electron chi connectivity index (χ3n) is 6.54. The molecular formula is C33H33F2N3O4. The number of nitrogens with one attached hydrogen (secondary N) is 2. The summed E-state index contributed by atoms with van der Waals surface area (Å²) in [6.07, 6.45) is 1.08. The molecule has 7 nitrogen and oxygen atoms in total. The topological polar surface area (TPSA) is 114 Å². The lowest BCUT2D eigenvalue weighted by atomic mass is 9.98. The predicted octanol–water partition coefficient (Wildman–Crippen LogP) is 5.22. The van der Waals surface area contributed by atoms with Gasteiger partial charge >= 0.3 is 5.97 Å². The molecule has 4 aromatic rings. The number of benzene rings is 3. The van der Waals surface area contributed by atoms with E-state index >= 15 is 0 Å². The summed E-state index contributed by atoms with van der Waals surface area (Å²) in [5.74, 6) is -3.15. The van der Waals surface area contributed by atoms with Gasteiger partial charge in [-0.2, -0.15) is 0 Å². The number of ketones is 1. The summed E-state index contributed by atoms with van der Waals surface area (Å²) >= 11 is 0. The van der Waals surface area contributed by atoms with E-state index in [0.717, 1.165) is 23.3 Å². The van der Waals surface area contributed by atoms with Crippen molar-refractivity contribution in [1.29, 1.82) is 0 Å². The highest BCUT2D eigenvalue weighted by molar-refractivity contribution is 6.12. The van der Waals surface area contributed by atoms with Crippen LogP contribution in [0.15, 0.2) is 83.7 Å². The molecule has 0 spiro atoms. The van der Waals surface area contributed by atoms with Crippen molar-refractivity contribution in [3.63, 3.8) is 0 Å². The number of pyridine rings is 1. The highest BCUT2D eigenvalue weighted by Crippen LogP contribution is 2.23. The van der Waals surface area contributed by atoms with Gasteiger partial charge in [-0.05, 0) is 75.0 Å². The van der Waals surface area contributed by atoms with Crippen molar-refractivity contribution in [1.82, 2.24) is 10.3 Å². The Hall–Kier alpha value is -4.63. The van der Waals surface area contributed by atoms with E-state index in [4.69, 9.17) is 10.5 Å². The van der Waals surface area contributed by atoms with Gasteiger partial charge in [-0.1, -0.05) is 54.6 Å². The highest BCUT2D eigenvalue weighted by atomic mass is 19.1. The quantitative estimate of drug-likeness (QED) is 0.177. The number of rotatable bonds is 10. The molecule has 0 aliphatic rings. The Bertz CT molecular complexity index is 1630. The van der Waals surface area contributed by atoms with Crippen LogP contribution in [0.2, 0.25) is 0 Å². The third kappa shape index (κ3) is 7.76. The lowest BCUT2D eigenvalue weighted by molar-refractivity contribution is -0.157. The van der Waals surface area contributed by atoms with Gasteiger partial charge in [-0.3, -0.25) is 14.4 Å². The largest absolute Gasteiger partial charge is 0.459 e. The molecule has 1 aromatic heterocycles. The summed E-state index contributed by atoms with van der Waals surface area (Å²) in [6.45, 7) is 5.99. The summed E-state index contributed by atoms with van der Waals surface area (Å²) < 4.78 is 33.2. The standard InChI is InChI=1S/C33H33F2N3O4/c1-33(2,3)42-32(41)28(17-21-7-5-4-6-8-21)37-16-15-20-9-11-22(12-10-20)25-19-26(30(36)38-31(25)40)29(39)24-14-13-23(34)18-27(24)35/h4-14,18-19,28,37H,15-17H2,1-3H3,(H3,36,38,40)/t28-/m0/s1. The molecule has 0 radical (unpaired) electrons. The first kappa shape index (κ1) is 30.3. The van der Waals surface area contributed by atoms with Gasteiger partial charge in [0.15, 0.2) is 5.78 Å². The average Bonchev–Trinajstić information content (AvgIpc) is 2.92. The number of aromatic nitrogens is 1. The van der Waals surface area contributed by atoms with Gasteiger partial charge in [0.2, 0.25) is 0 Å². The van der Waals surface area contributed by atoms with Crippen LogP contribution in [0.3, 0.4) is 0 Å². The lowest BCUT2D eigenvalue weighted by Crippen LogP contribution is -2.43. The summed E-state index contributed by atoms with van der Waals surface area (Å²) in [4.78, 5) is 41.0. The normalized spacial score (nSPS) is 12.1. The molecule has 42 heavy (non-hydrogen) atoms. The molecule has 9 heteroatoms. The minimum Gasteiger partial charge on any atom is -0.459 e. The number of aromatic amines is 1. The zero-order valence-corrected chi connectivity index (χ0v) is 23.7. The molecular weight excluding hydrogens is 540 g/mol. The minimum absolute atomic E-state index is 0.102. The Morgan fingerprint density at radius 3 is 2.26 bits per heavy atom. The van der Waals surface area contributed by atoms with Crippen LogP contribution >= 0.6 is 0 Å². The maximum atomic E-state index is 14.2. The summed E-state index contributed by atoms with van der Waals surface area (Å²) in [7, 11) is 0. The van der Waals surface area contributed by atoms with Crippen LogP contribution in [0.4, 0.5) is 14.6 Å². The molecule has 1 atom stereocenters. The van der Waals surface area contributed by atoms with Crippen LogP contribution in [0.1, 0.15) is 47.8 Å². The van der Waals surface area contributed by atoms with Gasteiger partial charge in [0, 0.05) is 11.6 Å². The molecule has 1 heterocycles. The molecule has 0 bridgehead atoms. The van der Waals surface area contributed by atoms with Crippen molar-refractivity contribution >= 4 is 17.6 Å². The van der Waals surface area contributed by atoms with Gasteiger partial charge in [0.25, 0.3) is 5.56 Å². The van der Waals surface area contributed by atoms with Gasteiger partial charge < -0.3 is 20.8 Å². The first-order valence-corrected chi connectivity index (χ1v) is 13.5. The second kappa shape index (κ2) is 12.9. The Labute approximate surface area is 242 Å². The second-order valence-corrected chi connectivity index (χ2v) is 11.0. The number of anilines is 1. The molecule has 0 unspecified atom stereocenters. The number of H-pyrrole nitrogens is 1. The van der Waals surface area contributed by atoms with Gasteiger partial charge in [0.1, 0.15) is 29.1 Å². The van der Waals surface area contributed by atoms with Crippen molar-refractivity contribution in [3.8, 4) is 11.1 Å². The maximum absolute atomic E-state index is 14.2. The van der Waals surface area contributed by atoms with Crippen LogP contribution in [0.5, 0.6) is 0 Å². The first-order valence-electron chi connectivity index (χ1n) is 13.5. The number of nitrogen functional groups attached to an aromatic ring is 1. The molecule has 4 rings (SSSR count). The minimum atomic E-state index is -1.03. The van der Waals surface area contributed by atoms with E-state index in [2.05, 4.69) is 10.3 Å². The fourth-order valence-corrected chi connectivity index (χ4v) is 4.47. The van der Waals surface area contributed by atoms with Gasteiger partial charge in [-0.15, -0.1) is 0 Å². The Morgan fingerprint density at radius 2 is 1.62 bits per heavy atom. The van der Waals surface area contributed by atoms with Gasteiger partial charge in [0.05, 0.1) is 11.1 Å². The van der Waals surface area contributed by atoms with E-state index in [1.807, 2.05) is 63.2 Å². The summed E-state index contributed by atoms with van der Waals surface area (Å²) in [6, 6.07) is 20.3. The van der Waals surface area contributed by atoms with Crippen LogP contribution in [-0.4, -0.2) is 34.9 Å². The molecule has 0 saturated carbocycles. The second-order valence-electron chi connectivity index (χ2n) is 11.0. The number of carbonyl (C=O) groups is 2. The Kier molecular flexibility index (Phi) is 9.32. The maximum Gasteiger partial charge on any atom is 0.323 e. The zero-order valence-electron chi connectivity index (χ0n) is 23.7. The predicted molar refractivity (Wildman–Crippen MR) is 158 cm³/mol. The summed E-state index contributed by atoms with van der Waals surface area (Å²) in [5.41, 5.74) is 6.96. The number of halogens is 2. The van der Waals surface area contributed by atoms with Crippen LogP contribution in [0, 0.1) is 11.6 Å². The van der Waals surface area contributed by atoms with Crippen molar-refractivity contribution in [2.75, 3.05) is 12.3 Å². The molecule has 218 valence electrons. The SMILES string of the molecule is CC(C)(C)OC(=O)[C@H](Cc1ccccc1)NCCc1ccc(-c2cc(C(=O)c3ccc(F)cc3F)c(N)[nH]c2=O)cc1. The van der Waals surface area contributed by atoms with Crippen molar-refractivity contribution in [2.24, 2.45) is 0 Å². The molecule has 0 aliphatic carbocycles. The number of nitrogens with two attached hydrogens (primary N) is 1. The molecule has 4 N–H and O–H groups in total. The van der Waals surface area contributed by atoms with Crippen molar-refractivity contribution in [2.45, 2.75) is 45.3 Å². The first-order chi connectivity index (χ1) is 19.9. The zero-order chi connectivity index (χ0) is 30.4. The number of esters is 1. The van der Waals surface area contributed by atoms with Crippen molar-refractivity contribution < 1.29 is 23.1 Å². The van der Waals surface area contributed by atoms with E-state index < -0.39 is 34.6 Å². The third-order valence-corrected chi connectivity index (χ3v) is 6.54. The lowest BCUT2D eigenvalue weighted by Gasteiger charge is -2.25. The van der Waals surface area contributed by atoms with Gasteiger partial charge in [-0.25, -0.2) is 8.78 Å². The number of hydrogen-bond donors (Lipinski definition) is 3. The van der Waals surface area contributed by atoms with E-state index in [-0.39, 0.29) is 28.5 Å². The molecule has 0 fully saturated rings. The Balaban J connectivity index is 1.47. The monoisotopic (exact) mass is 573 g/mol. The number of carbonyl (C=O) groups excluding carboxylic acids is 2. The average molecular weight is 574 g/mol.